The molecule has 0 atom stereocenters. The number of fused-ring (bicyclic) bond motifs is 1. The molecule has 4 rings (SSSR count). The van der Waals surface area contributed by atoms with Gasteiger partial charge in [0.1, 0.15) is 23.6 Å². The van der Waals surface area contributed by atoms with Crippen LogP contribution in [-0.4, -0.2) is 20.1 Å². The Labute approximate surface area is 137 Å². The van der Waals surface area contributed by atoms with Crippen LogP contribution in [0.2, 0.25) is 0 Å². The molecule has 1 N–H and O–H groups in total. The highest BCUT2D eigenvalue weighted by Gasteiger charge is 2.09. The first-order valence-corrected chi connectivity index (χ1v) is 7.36. The van der Waals surface area contributed by atoms with Crippen molar-refractivity contribution in [3.05, 3.63) is 66.7 Å². The minimum absolute atomic E-state index is 0.130. The van der Waals surface area contributed by atoms with Gasteiger partial charge in [0.25, 0.3) is 0 Å². The molecule has 0 bridgehead atoms. The summed E-state index contributed by atoms with van der Waals surface area (Å²) in [5.41, 5.74) is 2.95. The van der Waals surface area contributed by atoms with E-state index in [9.17, 15) is 5.11 Å². The number of hydrogen-bond donors (Lipinski definition) is 1. The molecular formula is C18H13N3O3. The lowest BCUT2D eigenvalue weighted by atomic mass is 10.3. The average Bonchev–Trinajstić information content (AvgIpc) is 3.05. The van der Waals surface area contributed by atoms with E-state index in [0.29, 0.717) is 29.3 Å². The summed E-state index contributed by atoms with van der Waals surface area (Å²) in [7, 11) is 0. The highest BCUT2D eigenvalue weighted by molar-refractivity contribution is 5.77. The molecule has 3 heterocycles. The summed E-state index contributed by atoms with van der Waals surface area (Å²) in [5.74, 6) is 1.32. The smallest absolute Gasteiger partial charge is 0.228 e. The van der Waals surface area contributed by atoms with Gasteiger partial charge in [0.15, 0.2) is 5.58 Å². The van der Waals surface area contributed by atoms with Crippen LogP contribution >= 0.6 is 0 Å². The van der Waals surface area contributed by atoms with Crippen LogP contribution in [0.15, 0.2) is 65.5 Å². The second kappa shape index (κ2) is 6.00. The van der Waals surface area contributed by atoms with E-state index in [2.05, 4.69) is 15.0 Å². The van der Waals surface area contributed by atoms with Gasteiger partial charge in [-0.15, -0.1) is 0 Å². The molecule has 0 amide bonds. The zero-order valence-electron chi connectivity index (χ0n) is 12.6. The largest absolute Gasteiger partial charge is 0.506 e. The Morgan fingerprint density at radius 1 is 1.08 bits per heavy atom. The van der Waals surface area contributed by atoms with Crippen molar-refractivity contribution in [1.29, 1.82) is 0 Å². The quantitative estimate of drug-likeness (QED) is 0.619. The highest BCUT2D eigenvalue weighted by atomic mass is 16.5. The van der Waals surface area contributed by atoms with Crippen molar-refractivity contribution in [2.24, 2.45) is 0 Å². The molecule has 0 aliphatic rings. The zero-order chi connectivity index (χ0) is 16.4. The van der Waals surface area contributed by atoms with Crippen LogP contribution in [0.25, 0.3) is 22.6 Å². The number of oxazole rings is 1. The van der Waals surface area contributed by atoms with Crippen molar-refractivity contribution in [3.8, 4) is 23.0 Å². The molecule has 4 aromatic rings. The number of rotatable bonds is 4. The topological polar surface area (TPSA) is 81.3 Å². The molecule has 6 nitrogen and oxygen atoms in total. The second-order valence-electron chi connectivity index (χ2n) is 5.19. The van der Waals surface area contributed by atoms with E-state index in [-0.39, 0.29) is 5.75 Å². The van der Waals surface area contributed by atoms with Crippen LogP contribution in [0.1, 0.15) is 5.69 Å². The molecule has 0 fully saturated rings. The summed E-state index contributed by atoms with van der Waals surface area (Å²) in [6, 6.07) is 12.5. The van der Waals surface area contributed by atoms with Crippen LogP contribution in [0, 0.1) is 0 Å². The van der Waals surface area contributed by atoms with Crippen LogP contribution < -0.4 is 4.74 Å². The van der Waals surface area contributed by atoms with Crippen molar-refractivity contribution < 1.29 is 14.3 Å². The van der Waals surface area contributed by atoms with Crippen molar-refractivity contribution in [2.75, 3.05) is 0 Å². The number of ether oxygens (including phenoxy) is 1. The van der Waals surface area contributed by atoms with Gasteiger partial charge in [0, 0.05) is 18.5 Å². The predicted molar refractivity (Wildman–Crippen MR) is 87.5 cm³/mol. The van der Waals surface area contributed by atoms with Gasteiger partial charge in [-0.1, -0.05) is 0 Å². The van der Waals surface area contributed by atoms with Crippen LogP contribution in [0.5, 0.6) is 11.5 Å². The average molecular weight is 319 g/mol. The maximum atomic E-state index is 9.23. The van der Waals surface area contributed by atoms with Gasteiger partial charge in [-0.25, -0.2) is 4.98 Å². The Hall–Kier alpha value is -3.41. The van der Waals surface area contributed by atoms with Gasteiger partial charge in [-0.3, -0.25) is 9.97 Å². The molecule has 6 heteroatoms. The van der Waals surface area contributed by atoms with E-state index in [1.807, 2.05) is 30.3 Å². The number of aromatic hydroxyl groups is 1. The summed E-state index contributed by atoms with van der Waals surface area (Å²) in [5, 5.41) is 9.23. The van der Waals surface area contributed by atoms with Crippen molar-refractivity contribution in [1.82, 2.24) is 15.0 Å². The molecule has 0 radical (unpaired) electrons. The van der Waals surface area contributed by atoms with E-state index < -0.39 is 0 Å². The van der Waals surface area contributed by atoms with E-state index in [4.69, 9.17) is 9.15 Å². The van der Waals surface area contributed by atoms with Crippen LogP contribution in [-0.2, 0) is 6.61 Å². The lowest BCUT2D eigenvalue weighted by molar-refractivity contribution is 0.301. The number of benzene rings is 1. The highest BCUT2D eigenvalue weighted by Crippen LogP contribution is 2.26. The number of aromatic nitrogens is 3. The standard InChI is InChI=1S/C18H13N3O3/c22-14-4-3-13(20-10-14)11-23-15-5-6-17-16(8-15)21-18(24-17)12-2-1-7-19-9-12/h1-10,22H,11H2. The lowest BCUT2D eigenvalue weighted by Crippen LogP contribution is -1.97. The summed E-state index contributed by atoms with van der Waals surface area (Å²) in [6.45, 7) is 0.305. The molecule has 3 aromatic heterocycles. The first-order valence-electron chi connectivity index (χ1n) is 7.36. The van der Waals surface area contributed by atoms with E-state index >= 15 is 0 Å². The maximum Gasteiger partial charge on any atom is 0.228 e. The zero-order valence-corrected chi connectivity index (χ0v) is 12.6. The maximum absolute atomic E-state index is 9.23. The molecule has 0 saturated heterocycles. The first-order chi connectivity index (χ1) is 11.8. The van der Waals surface area contributed by atoms with E-state index in [0.717, 1.165) is 11.3 Å². The second-order valence-corrected chi connectivity index (χ2v) is 5.19. The molecule has 118 valence electrons. The van der Waals surface area contributed by atoms with Gasteiger partial charge in [-0.05, 0) is 36.4 Å². The Balaban J connectivity index is 1.55. The van der Waals surface area contributed by atoms with Crippen LogP contribution in [0.4, 0.5) is 0 Å². The molecule has 1 aromatic carbocycles. The summed E-state index contributed by atoms with van der Waals surface area (Å²) >= 11 is 0. The number of hydrogen-bond acceptors (Lipinski definition) is 6. The summed E-state index contributed by atoms with van der Waals surface area (Å²) in [4.78, 5) is 12.6. The molecule has 0 unspecified atom stereocenters. The fraction of sp³-hybridized carbons (Fsp3) is 0.0556. The summed E-state index contributed by atoms with van der Waals surface area (Å²) < 4.78 is 11.5. The van der Waals surface area contributed by atoms with E-state index in [1.54, 1.807) is 24.5 Å². The third-order valence-corrected chi connectivity index (χ3v) is 3.46. The number of pyridine rings is 2. The predicted octanol–water partition coefficient (Wildman–Crippen LogP) is 3.57. The Morgan fingerprint density at radius 2 is 2.04 bits per heavy atom. The molecule has 0 spiro atoms. The molecular weight excluding hydrogens is 306 g/mol. The normalized spacial score (nSPS) is 10.8. The Morgan fingerprint density at radius 3 is 2.83 bits per heavy atom. The van der Waals surface area contributed by atoms with Crippen molar-refractivity contribution >= 4 is 11.1 Å². The number of nitrogens with zero attached hydrogens (tertiary/aromatic N) is 3. The molecule has 0 aliphatic carbocycles. The van der Waals surface area contributed by atoms with Crippen LogP contribution in [0.3, 0.4) is 0 Å². The van der Waals surface area contributed by atoms with Crippen molar-refractivity contribution in [2.45, 2.75) is 6.61 Å². The Bertz CT molecular complexity index is 966. The van der Waals surface area contributed by atoms with Gasteiger partial charge in [0.05, 0.1) is 17.5 Å². The SMILES string of the molecule is Oc1ccc(COc2ccc3oc(-c4cccnc4)nc3c2)nc1. The van der Waals surface area contributed by atoms with Gasteiger partial charge in [0.2, 0.25) is 5.89 Å². The minimum atomic E-state index is 0.130. The van der Waals surface area contributed by atoms with Crippen molar-refractivity contribution in [3.63, 3.8) is 0 Å². The minimum Gasteiger partial charge on any atom is -0.506 e. The van der Waals surface area contributed by atoms with Gasteiger partial charge < -0.3 is 14.3 Å². The van der Waals surface area contributed by atoms with Gasteiger partial charge in [-0.2, -0.15) is 0 Å². The Kier molecular flexibility index (Phi) is 3.55. The van der Waals surface area contributed by atoms with Gasteiger partial charge >= 0.3 is 0 Å². The molecule has 0 saturated carbocycles. The molecule has 0 aliphatic heterocycles. The monoisotopic (exact) mass is 319 g/mol. The molecule has 24 heavy (non-hydrogen) atoms. The summed E-state index contributed by atoms with van der Waals surface area (Å²) in [6.07, 6.45) is 4.80. The first kappa shape index (κ1) is 14.2. The fourth-order valence-electron chi connectivity index (χ4n) is 2.27. The third kappa shape index (κ3) is 2.89. The van der Waals surface area contributed by atoms with E-state index in [1.165, 1.54) is 6.20 Å². The fourth-order valence-corrected chi connectivity index (χ4v) is 2.27. The third-order valence-electron chi connectivity index (χ3n) is 3.46. The lowest BCUT2D eigenvalue weighted by Gasteiger charge is -2.05.